The van der Waals surface area contributed by atoms with Crippen LogP contribution in [0.2, 0.25) is 5.02 Å². The lowest BCUT2D eigenvalue weighted by molar-refractivity contribution is 0.628. The van der Waals surface area contributed by atoms with Crippen molar-refractivity contribution in [3.05, 3.63) is 29.0 Å². The van der Waals surface area contributed by atoms with Gasteiger partial charge in [0.05, 0.1) is 10.7 Å². The third-order valence-corrected chi connectivity index (χ3v) is 1.95. The maximum absolute atomic E-state index is 12.7. The summed E-state index contributed by atoms with van der Waals surface area (Å²) in [6.07, 6.45) is 0. The topological polar surface area (TPSA) is 62.4 Å². The molecule has 0 amide bonds. The van der Waals surface area contributed by atoms with Crippen LogP contribution in [0.25, 0.3) is 0 Å². The first kappa shape index (κ1) is 11.7. The van der Waals surface area contributed by atoms with Gasteiger partial charge < -0.3 is 5.32 Å². The first-order valence-corrected chi connectivity index (χ1v) is 4.78. The predicted octanol–water partition coefficient (Wildman–Crippen LogP) is 1.73. The van der Waals surface area contributed by atoms with Crippen LogP contribution < -0.4 is 16.6 Å². The average Bonchev–Trinajstić information content (AvgIpc) is 2.21. The van der Waals surface area contributed by atoms with E-state index in [9.17, 15) is 4.39 Å². The lowest BCUT2D eigenvalue weighted by Crippen LogP contribution is -2.36. The summed E-state index contributed by atoms with van der Waals surface area (Å²) in [4.78, 5) is 4.02. The van der Waals surface area contributed by atoms with Gasteiger partial charge in [0, 0.05) is 6.54 Å². The highest BCUT2D eigenvalue weighted by Gasteiger charge is 2.03. The highest BCUT2D eigenvalue weighted by atomic mass is 35.5. The molecule has 0 heterocycles. The van der Waals surface area contributed by atoms with E-state index in [0.717, 1.165) is 0 Å². The van der Waals surface area contributed by atoms with Crippen molar-refractivity contribution < 1.29 is 4.39 Å². The summed E-state index contributed by atoms with van der Waals surface area (Å²) in [5, 5.41) is 3.11. The quantitative estimate of drug-likeness (QED) is 0.314. The smallest absolute Gasteiger partial charge is 0.210 e. The molecule has 0 aromatic heterocycles. The van der Waals surface area contributed by atoms with Crippen LogP contribution in [-0.2, 0) is 0 Å². The number of hydrogen-bond donors (Lipinski definition) is 3. The number of benzene rings is 1. The Labute approximate surface area is 92.3 Å². The molecule has 0 aliphatic heterocycles. The molecule has 1 aromatic carbocycles. The molecular weight excluding hydrogens is 219 g/mol. The minimum Gasteiger partial charge on any atom is -0.324 e. The molecule has 0 aliphatic carbocycles. The van der Waals surface area contributed by atoms with Crippen LogP contribution >= 0.6 is 11.6 Å². The molecule has 6 heteroatoms. The zero-order valence-corrected chi connectivity index (χ0v) is 8.98. The normalized spacial score (nSPS) is 11.3. The highest BCUT2D eigenvalue weighted by Crippen LogP contribution is 2.21. The van der Waals surface area contributed by atoms with E-state index in [1.165, 1.54) is 18.2 Å². The van der Waals surface area contributed by atoms with Gasteiger partial charge in [0.15, 0.2) is 0 Å². The van der Waals surface area contributed by atoms with Crippen molar-refractivity contribution in [1.29, 1.82) is 0 Å². The third kappa shape index (κ3) is 3.38. The molecule has 1 rings (SSSR count). The summed E-state index contributed by atoms with van der Waals surface area (Å²) in [6, 6.07) is 4.03. The molecule has 4 nitrogen and oxygen atoms in total. The van der Waals surface area contributed by atoms with Gasteiger partial charge in [-0.05, 0) is 25.1 Å². The SMILES string of the molecule is CCN=C(NN)Nc1ccc(F)cc1Cl. The lowest BCUT2D eigenvalue weighted by atomic mass is 10.3. The van der Waals surface area contributed by atoms with Crippen molar-refractivity contribution in [2.24, 2.45) is 10.8 Å². The van der Waals surface area contributed by atoms with E-state index in [4.69, 9.17) is 17.4 Å². The van der Waals surface area contributed by atoms with Crippen LogP contribution in [0.5, 0.6) is 0 Å². The van der Waals surface area contributed by atoms with Crippen molar-refractivity contribution in [3.63, 3.8) is 0 Å². The number of nitrogens with two attached hydrogens (primary N) is 1. The number of nitrogens with one attached hydrogen (secondary N) is 2. The van der Waals surface area contributed by atoms with E-state index in [0.29, 0.717) is 18.2 Å². The molecule has 15 heavy (non-hydrogen) atoms. The van der Waals surface area contributed by atoms with E-state index < -0.39 is 0 Å². The number of nitrogens with zero attached hydrogens (tertiary/aromatic N) is 1. The molecule has 0 bridgehead atoms. The average molecular weight is 231 g/mol. The van der Waals surface area contributed by atoms with Crippen molar-refractivity contribution in [2.75, 3.05) is 11.9 Å². The standard InChI is InChI=1S/C9H12ClFN4/c1-2-13-9(15-12)14-8-4-3-6(11)5-7(8)10/h3-5H,2,12H2,1H3,(H2,13,14,15). The second-order valence-corrected chi connectivity index (χ2v) is 3.12. The number of aliphatic imine (C=N–C) groups is 1. The molecule has 0 unspecified atom stereocenters. The molecule has 82 valence electrons. The van der Waals surface area contributed by atoms with Gasteiger partial charge in [-0.15, -0.1) is 0 Å². The van der Waals surface area contributed by atoms with E-state index in [1.807, 2.05) is 6.92 Å². The molecule has 0 saturated carbocycles. The molecule has 0 spiro atoms. The lowest BCUT2D eigenvalue weighted by Gasteiger charge is -2.09. The van der Waals surface area contributed by atoms with Gasteiger partial charge in [-0.2, -0.15) is 0 Å². The number of guanidine groups is 1. The fourth-order valence-electron chi connectivity index (χ4n) is 0.998. The van der Waals surface area contributed by atoms with Crippen molar-refractivity contribution >= 4 is 23.2 Å². The van der Waals surface area contributed by atoms with E-state index >= 15 is 0 Å². The van der Waals surface area contributed by atoms with Crippen molar-refractivity contribution in [1.82, 2.24) is 5.43 Å². The second-order valence-electron chi connectivity index (χ2n) is 2.72. The van der Waals surface area contributed by atoms with Gasteiger partial charge in [0.2, 0.25) is 5.96 Å². The maximum Gasteiger partial charge on any atom is 0.210 e. The second kappa shape index (κ2) is 5.53. The minimum atomic E-state index is -0.389. The third-order valence-electron chi connectivity index (χ3n) is 1.64. The Hall–Kier alpha value is -1.33. The summed E-state index contributed by atoms with van der Waals surface area (Å²) < 4.78 is 12.7. The minimum absolute atomic E-state index is 0.272. The van der Waals surface area contributed by atoms with Gasteiger partial charge in [-0.3, -0.25) is 10.4 Å². The first-order chi connectivity index (χ1) is 7.17. The molecular formula is C9H12ClFN4. The van der Waals surface area contributed by atoms with Crippen LogP contribution in [0.3, 0.4) is 0 Å². The molecule has 4 N–H and O–H groups in total. The number of halogens is 2. The number of anilines is 1. The van der Waals surface area contributed by atoms with Gasteiger partial charge in [-0.25, -0.2) is 10.2 Å². The van der Waals surface area contributed by atoms with Crippen LogP contribution in [-0.4, -0.2) is 12.5 Å². The monoisotopic (exact) mass is 230 g/mol. The summed E-state index contributed by atoms with van der Waals surface area (Å²) in [5.74, 6) is 5.22. The highest BCUT2D eigenvalue weighted by molar-refractivity contribution is 6.33. The Morgan fingerprint density at radius 1 is 1.60 bits per heavy atom. The predicted molar refractivity (Wildman–Crippen MR) is 60.3 cm³/mol. The number of hydrazine groups is 1. The summed E-state index contributed by atoms with van der Waals surface area (Å²) >= 11 is 5.80. The molecule has 0 fully saturated rings. The first-order valence-electron chi connectivity index (χ1n) is 4.40. The van der Waals surface area contributed by atoms with E-state index in [2.05, 4.69) is 15.7 Å². The maximum atomic E-state index is 12.7. The van der Waals surface area contributed by atoms with Crippen molar-refractivity contribution in [2.45, 2.75) is 6.92 Å². The zero-order valence-electron chi connectivity index (χ0n) is 8.22. The zero-order chi connectivity index (χ0) is 11.3. The Morgan fingerprint density at radius 2 is 2.33 bits per heavy atom. The van der Waals surface area contributed by atoms with E-state index in [1.54, 1.807) is 0 Å². The largest absolute Gasteiger partial charge is 0.324 e. The van der Waals surface area contributed by atoms with Crippen molar-refractivity contribution in [3.8, 4) is 0 Å². The van der Waals surface area contributed by atoms with Gasteiger partial charge >= 0.3 is 0 Å². The summed E-state index contributed by atoms with van der Waals surface area (Å²) in [7, 11) is 0. The fourth-order valence-corrected chi connectivity index (χ4v) is 1.21. The summed E-state index contributed by atoms with van der Waals surface area (Å²) in [6.45, 7) is 2.44. The van der Waals surface area contributed by atoms with Gasteiger partial charge in [0.1, 0.15) is 5.82 Å². The molecule has 1 aromatic rings. The number of hydrogen-bond acceptors (Lipinski definition) is 2. The van der Waals surface area contributed by atoms with Crippen LogP contribution in [0, 0.1) is 5.82 Å². The van der Waals surface area contributed by atoms with E-state index in [-0.39, 0.29) is 10.8 Å². The summed E-state index contributed by atoms with van der Waals surface area (Å²) in [5.41, 5.74) is 2.92. The Bertz CT molecular complexity index is 367. The molecule has 0 aliphatic rings. The molecule has 0 saturated heterocycles. The number of rotatable bonds is 2. The molecule has 0 atom stereocenters. The Balaban J connectivity index is 2.84. The van der Waals surface area contributed by atoms with Gasteiger partial charge in [-0.1, -0.05) is 11.6 Å². The van der Waals surface area contributed by atoms with Crippen LogP contribution in [0.4, 0.5) is 10.1 Å². The fraction of sp³-hybridized carbons (Fsp3) is 0.222. The van der Waals surface area contributed by atoms with Crippen LogP contribution in [0.1, 0.15) is 6.92 Å². The van der Waals surface area contributed by atoms with Gasteiger partial charge in [0.25, 0.3) is 0 Å². The van der Waals surface area contributed by atoms with Crippen LogP contribution in [0.15, 0.2) is 23.2 Å². The Kier molecular flexibility index (Phi) is 4.33. The Morgan fingerprint density at radius 3 is 2.87 bits per heavy atom. The molecule has 0 radical (unpaired) electrons.